The summed E-state index contributed by atoms with van der Waals surface area (Å²) in [5, 5.41) is 4.72. The second-order valence-electron chi connectivity index (χ2n) is 5.72. The molecule has 1 saturated carbocycles. The van der Waals surface area contributed by atoms with Gasteiger partial charge in [-0.2, -0.15) is 5.10 Å². The number of Topliss-reactive ketones (excluding diaryl/α,β-unsaturated/α-hetero) is 1. The van der Waals surface area contributed by atoms with Gasteiger partial charge in [-0.3, -0.25) is 14.5 Å². The summed E-state index contributed by atoms with van der Waals surface area (Å²) in [4.78, 5) is 26.1. The normalized spacial score (nSPS) is 26.5. The Labute approximate surface area is 122 Å². The maximum Gasteiger partial charge on any atom is 0.231 e. The zero-order valence-corrected chi connectivity index (χ0v) is 12.3. The summed E-state index contributed by atoms with van der Waals surface area (Å²) in [5.41, 5.74) is 0. The predicted octanol–water partition coefficient (Wildman–Crippen LogP) is 2.28. The second-order valence-corrected chi connectivity index (χ2v) is 6.13. The number of aromatic nitrogens is 2. The van der Waals surface area contributed by atoms with E-state index in [9.17, 15) is 9.59 Å². The zero-order valence-electron chi connectivity index (χ0n) is 11.5. The lowest BCUT2D eigenvalue weighted by Gasteiger charge is -2.33. The highest BCUT2D eigenvalue weighted by Gasteiger charge is 2.35. The van der Waals surface area contributed by atoms with Gasteiger partial charge in [-0.05, 0) is 19.3 Å². The van der Waals surface area contributed by atoms with E-state index in [1.165, 1.54) is 0 Å². The Kier molecular flexibility index (Phi) is 3.54. The SMILES string of the molecule is CC1CC(C(=O)N2CCCn3ncc(Cl)c32)CCC1=O. The fraction of sp³-hybridized carbons (Fsp3) is 0.643. The largest absolute Gasteiger partial charge is 0.299 e. The van der Waals surface area contributed by atoms with E-state index >= 15 is 0 Å². The standard InChI is InChI=1S/C14H18ClN3O2/c1-9-7-10(3-4-12(9)19)14(20)17-5-2-6-18-13(17)11(15)8-16-18/h8-10H,2-7H2,1H3. The molecule has 0 bridgehead atoms. The predicted molar refractivity (Wildman–Crippen MR) is 75.7 cm³/mol. The molecular formula is C14H18ClN3O2. The second kappa shape index (κ2) is 5.20. The first kappa shape index (κ1) is 13.6. The van der Waals surface area contributed by atoms with Crippen LogP contribution in [-0.2, 0) is 16.1 Å². The molecule has 1 aromatic rings. The number of carbonyl (C=O) groups is 2. The Morgan fingerprint density at radius 2 is 2.25 bits per heavy atom. The summed E-state index contributed by atoms with van der Waals surface area (Å²) in [6.07, 6.45) is 4.30. The average molecular weight is 296 g/mol. The number of aryl methyl sites for hydroxylation is 1. The van der Waals surface area contributed by atoms with Gasteiger partial charge in [0.2, 0.25) is 5.91 Å². The van der Waals surface area contributed by atoms with E-state index in [0.717, 1.165) is 13.0 Å². The van der Waals surface area contributed by atoms with Gasteiger partial charge >= 0.3 is 0 Å². The minimum atomic E-state index is -0.0692. The van der Waals surface area contributed by atoms with Crippen LogP contribution in [-0.4, -0.2) is 28.0 Å². The van der Waals surface area contributed by atoms with Crippen molar-refractivity contribution in [1.82, 2.24) is 9.78 Å². The Bertz CT molecular complexity index is 555. The third-order valence-corrected chi connectivity index (χ3v) is 4.58. The van der Waals surface area contributed by atoms with Crippen LogP contribution in [0.25, 0.3) is 0 Å². The van der Waals surface area contributed by atoms with E-state index in [1.54, 1.807) is 15.8 Å². The molecule has 1 aromatic heterocycles. The number of hydrogen-bond donors (Lipinski definition) is 0. The van der Waals surface area contributed by atoms with Gasteiger partial charge in [-0.1, -0.05) is 18.5 Å². The minimum absolute atomic E-state index is 0.0112. The third-order valence-electron chi connectivity index (χ3n) is 4.32. The number of hydrogen-bond acceptors (Lipinski definition) is 3. The molecule has 0 N–H and O–H groups in total. The maximum absolute atomic E-state index is 12.7. The van der Waals surface area contributed by atoms with E-state index in [4.69, 9.17) is 11.6 Å². The van der Waals surface area contributed by atoms with Gasteiger partial charge in [0, 0.05) is 31.3 Å². The van der Waals surface area contributed by atoms with Crippen LogP contribution < -0.4 is 4.90 Å². The molecule has 6 heteroatoms. The van der Waals surface area contributed by atoms with Crippen molar-refractivity contribution in [2.75, 3.05) is 11.4 Å². The van der Waals surface area contributed by atoms with Crippen LogP contribution >= 0.6 is 11.6 Å². The van der Waals surface area contributed by atoms with Crippen molar-refractivity contribution in [2.24, 2.45) is 11.8 Å². The molecule has 1 aliphatic carbocycles. The lowest BCUT2D eigenvalue weighted by molar-refractivity contribution is -0.129. The number of amides is 1. The van der Waals surface area contributed by atoms with Gasteiger partial charge in [0.15, 0.2) is 5.82 Å². The number of rotatable bonds is 1. The summed E-state index contributed by atoms with van der Waals surface area (Å²) in [6, 6.07) is 0. The zero-order chi connectivity index (χ0) is 14.3. The lowest BCUT2D eigenvalue weighted by Crippen LogP contribution is -2.43. The molecule has 0 saturated heterocycles. The highest BCUT2D eigenvalue weighted by molar-refractivity contribution is 6.33. The Hall–Kier alpha value is -1.36. The Morgan fingerprint density at radius 1 is 1.45 bits per heavy atom. The van der Waals surface area contributed by atoms with Crippen molar-refractivity contribution in [1.29, 1.82) is 0 Å². The summed E-state index contributed by atoms with van der Waals surface area (Å²) in [6.45, 7) is 3.39. The van der Waals surface area contributed by atoms with E-state index in [0.29, 0.717) is 36.6 Å². The monoisotopic (exact) mass is 295 g/mol. The van der Waals surface area contributed by atoms with E-state index < -0.39 is 0 Å². The molecule has 3 rings (SSSR count). The van der Waals surface area contributed by atoms with Crippen molar-refractivity contribution in [3.8, 4) is 0 Å². The van der Waals surface area contributed by atoms with Crippen LogP contribution in [0, 0.1) is 11.8 Å². The van der Waals surface area contributed by atoms with Crippen LogP contribution in [0.1, 0.15) is 32.6 Å². The summed E-state index contributed by atoms with van der Waals surface area (Å²) in [7, 11) is 0. The van der Waals surface area contributed by atoms with Crippen LogP contribution in [0.5, 0.6) is 0 Å². The molecule has 2 unspecified atom stereocenters. The molecule has 2 heterocycles. The van der Waals surface area contributed by atoms with Crippen molar-refractivity contribution in [3.63, 3.8) is 0 Å². The summed E-state index contributed by atoms with van der Waals surface area (Å²) in [5.74, 6) is 0.999. The lowest BCUT2D eigenvalue weighted by atomic mass is 9.81. The Morgan fingerprint density at radius 3 is 3.00 bits per heavy atom. The number of fused-ring (bicyclic) bond motifs is 1. The number of anilines is 1. The first-order valence-corrected chi connectivity index (χ1v) is 7.51. The van der Waals surface area contributed by atoms with E-state index in [-0.39, 0.29) is 23.5 Å². The van der Waals surface area contributed by atoms with Gasteiger partial charge in [-0.25, -0.2) is 4.68 Å². The molecular weight excluding hydrogens is 278 g/mol. The van der Waals surface area contributed by atoms with Gasteiger partial charge in [0.1, 0.15) is 10.8 Å². The number of ketones is 1. The van der Waals surface area contributed by atoms with Gasteiger partial charge < -0.3 is 0 Å². The van der Waals surface area contributed by atoms with Crippen molar-refractivity contribution in [2.45, 2.75) is 39.2 Å². The highest BCUT2D eigenvalue weighted by atomic mass is 35.5. The molecule has 2 atom stereocenters. The fourth-order valence-corrected chi connectivity index (χ4v) is 3.41. The number of nitrogens with zero attached hydrogens (tertiary/aromatic N) is 3. The molecule has 2 aliphatic rings. The average Bonchev–Trinajstić information content (AvgIpc) is 2.83. The molecule has 1 aliphatic heterocycles. The molecule has 20 heavy (non-hydrogen) atoms. The van der Waals surface area contributed by atoms with Crippen LogP contribution in [0.3, 0.4) is 0 Å². The highest BCUT2D eigenvalue weighted by Crippen LogP contribution is 2.33. The van der Waals surface area contributed by atoms with E-state index in [1.807, 2.05) is 6.92 Å². The Balaban J connectivity index is 1.82. The maximum atomic E-state index is 12.7. The third kappa shape index (κ3) is 2.24. The van der Waals surface area contributed by atoms with Crippen LogP contribution in [0.2, 0.25) is 5.02 Å². The number of halogens is 1. The smallest absolute Gasteiger partial charge is 0.231 e. The molecule has 5 nitrogen and oxygen atoms in total. The van der Waals surface area contributed by atoms with Crippen molar-refractivity contribution in [3.05, 3.63) is 11.2 Å². The molecule has 0 spiro atoms. The molecule has 0 radical (unpaired) electrons. The van der Waals surface area contributed by atoms with Crippen molar-refractivity contribution < 1.29 is 9.59 Å². The summed E-state index contributed by atoms with van der Waals surface area (Å²) < 4.78 is 1.79. The first-order chi connectivity index (χ1) is 9.58. The van der Waals surface area contributed by atoms with Gasteiger partial charge in [0.25, 0.3) is 0 Å². The summed E-state index contributed by atoms with van der Waals surface area (Å²) >= 11 is 6.16. The topological polar surface area (TPSA) is 55.2 Å². The molecule has 108 valence electrons. The molecule has 0 aromatic carbocycles. The molecule has 1 fully saturated rings. The molecule has 1 amide bonds. The van der Waals surface area contributed by atoms with Gasteiger partial charge in [-0.15, -0.1) is 0 Å². The van der Waals surface area contributed by atoms with Crippen LogP contribution in [0.4, 0.5) is 5.82 Å². The first-order valence-electron chi connectivity index (χ1n) is 7.13. The fourth-order valence-electron chi connectivity index (χ4n) is 3.17. The van der Waals surface area contributed by atoms with E-state index in [2.05, 4.69) is 5.10 Å². The van der Waals surface area contributed by atoms with Crippen LogP contribution in [0.15, 0.2) is 6.20 Å². The quantitative estimate of drug-likeness (QED) is 0.799. The van der Waals surface area contributed by atoms with Crippen molar-refractivity contribution >= 4 is 29.1 Å². The van der Waals surface area contributed by atoms with Gasteiger partial charge in [0.05, 0.1) is 6.20 Å². The minimum Gasteiger partial charge on any atom is -0.299 e. The number of carbonyl (C=O) groups excluding carboxylic acids is 2.